The molecule has 1 atom stereocenters. The van der Waals surface area contributed by atoms with Gasteiger partial charge in [-0.1, -0.05) is 6.07 Å². The molecule has 0 saturated heterocycles. The van der Waals surface area contributed by atoms with Gasteiger partial charge in [0.25, 0.3) is 0 Å². The molecule has 1 aliphatic rings. The zero-order chi connectivity index (χ0) is 13.2. The molecule has 0 spiro atoms. The smallest absolute Gasteiger partial charge is 0.210 e. The first-order chi connectivity index (χ1) is 8.53. The summed E-state index contributed by atoms with van der Waals surface area (Å²) >= 11 is 0. The van der Waals surface area contributed by atoms with Crippen molar-refractivity contribution in [2.75, 3.05) is 6.54 Å². The van der Waals surface area contributed by atoms with E-state index in [1.54, 1.807) is 19.1 Å². The van der Waals surface area contributed by atoms with Crippen LogP contribution >= 0.6 is 0 Å². The average molecular weight is 264 g/mol. The predicted molar refractivity (Wildman–Crippen MR) is 68.4 cm³/mol. The lowest BCUT2D eigenvalue weighted by Gasteiger charge is -2.09. The first-order valence-electron chi connectivity index (χ1n) is 6.04. The van der Waals surface area contributed by atoms with Gasteiger partial charge in [-0.15, -0.1) is 0 Å². The number of rotatable bonds is 4. The van der Waals surface area contributed by atoms with E-state index in [2.05, 4.69) is 4.72 Å². The minimum absolute atomic E-state index is 0.149. The average Bonchev–Trinajstić information content (AvgIpc) is 2.83. The Bertz CT molecular complexity index is 587. The highest BCUT2D eigenvalue weighted by Crippen LogP contribution is 2.24. The van der Waals surface area contributed by atoms with Crippen molar-refractivity contribution in [1.82, 2.24) is 4.72 Å². The lowest BCUT2D eigenvalue weighted by molar-refractivity contribution is 0.572. The number of nitrogens with zero attached hydrogens (tertiary/aromatic N) is 1. The van der Waals surface area contributed by atoms with Gasteiger partial charge in [-0.05, 0) is 49.4 Å². The fourth-order valence-corrected chi connectivity index (χ4v) is 3.26. The Kier molecular flexibility index (Phi) is 3.69. The minimum atomic E-state index is -3.49. The number of nitrogens with one attached hydrogen (secondary N) is 1. The summed E-state index contributed by atoms with van der Waals surface area (Å²) in [5, 5.41) is 8.64. The van der Waals surface area contributed by atoms with E-state index >= 15 is 0 Å². The molecule has 1 aliphatic carbocycles. The lowest BCUT2D eigenvalue weighted by Crippen LogP contribution is -2.28. The fraction of sp³-hybridized carbons (Fsp3) is 0.462. The van der Waals surface area contributed by atoms with Gasteiger partial charge in [0.05, 0.1) is 16.9 Å². The fourth-order valence-electron chi connectivity index (χ4n) is 2.08. The number of fused-ring (bicyclic) bond motifs is 1. The zero-order valence-electron chi connectivity index (χ0n) is 10.3. The molecule has 4 nitrogen and oxygen atoms in total. The van der Waals surface area contributed by atoms with E-state index in [1.807, 2.05) is 12.1 Å². The van der Waals surface area contributed by atoms with Gasteiger partial charge in [0.2, 0.25) is 10.0 Å². The summed E-state index contributed by atoms with van der Waals surface area (Å²) in [7, 11) is -3.49. The third-order valence-corrected chi connectivity index (χ3v) is 4.60. The van der Waals surface area contributed by atoms with Gasteiger partial charge < -0.3 is 0 Å². The van der Waals surface area contributed by atoms with Crippen molar-refractivity contribution in [2.45, 2.75) is 31.1 Å². The highest BCUT2D eigenvalue weighted by molar-refractivity contribution is 7.89. The molecule has 1 aromatic carbocycles. The molecule has 0 radical (unpaired) electrons. The molecule has 96 valence electrons. The molecule has 0 aliphatic heterocycles. The Morgan fingerprint density at radius 3 is 2.83 bits per heavy atom. The Hall–Kier alpha value is -1.38. The molecule has 0 aromatic heterocycles. The molecule has 2 rings (SSSR count). The molecule has 0 bridgehead atoms. The maximum atomic E-state index is 12.0. The highest BCUT2D eigenvalue weighted by atomic mass is 32.2. The highest BCUT2D eigenvalue weighted by Gasteiger charge is 2.18. The molecular weight excluding hydrogens is 248 g/mol. The van der Waals surface area contributed by atoms with Gasteiger partial charge >= 0.3 is 0 Å². The second-order valence-electron chi connectivity index (χ2n) is 4.67. The lowest BCUT2D eigenvalue weighted by atomic mass is 10.1. The first kappa shape index (κ1) is 13.1. The largest absolute Gasteiger partial charge is 0.240 e. The Morgan fingerprint density at radius 2 is 2.11 bits per heavy atom. The van der Waals surface area contributed by atoms with Gasteiger partial charge in [-0.2, -0.15) is 5.26 Å². The van der Waals surface area contributed by atoms with Crippen LogP contribution in [0, 0.1) is 17.2 Å². The summed E-state index contributed by atoms with van der Waals surface area (Å²) in [6.45, 7) is 1.83. The molecule has 5 heteroatoms. The quantitative estimate of drug-likeness (QED) is 0.898. The molecule has 0 fully saturated rings. The van der Waals surface area contributed by atoms with Crippen LogP contribution in [-0.2, 0) is 22.9 Å². The van der Waals surface area contributed by atoms with Crippen molar-refractivity contribution in [3.8, 4) is 6.07 Å². The molecule has 18 heavy (non-hydrogen) atoms. The van der Waals surface area contributed by atoms with Crippen molar-refractivity contribution >= 4 is 10.0 Å². The summed E-state index contributed by atoms with van der Waals surface area (Å²) in [6, 6.07) is 7.29. The summed E-state index contributed by atoms with van der Waals surface area (Å²) in [4.78, 5) is 0.299. The Labute approximate surface area is 108 Å². The Balaban J connectivity index is 2.18. The number of benzene rings is 1. The maximum absolute atomic E-state index is 12.0. The molecular formula is C13H16N2O2S. The maximum Gasteiger partial charge on any atom is 0.240 e. The van der Waals surface area contributed by atoms with Crippen LogP contribution < -0.4 is 4.72 Å². The standard InChI is InChI=1S/C13H16N2O2S/c1-10(8-14)9-15-18(16,17)13-6-5-11-3-2-4-12(11)7-13/h5-7,10,15H,2-4,9H2,1H3. The Morgan fingerprint density at radius 1 is 1.39 bits per heavy atom. The van der Waals surface area contributed by atoms with Crippen LogP contribution in [0.25, 0.3) is 0 Å². The molecule has 1 N–H and O–H groups in total. The summed E-state index contributed by atoms with van der Waals surface area (Å²) < 4.78 is 26.5. The number of nitriles is 1. The number of aryl methyl sites for hydroxylation is 2. The van der Waals surface area contributed by atoms with E-state index in [0.29, 0.717) is 4.90 Å². The number of hydrogen-bond acceptors (Lipinski definition) is 3. The molecule has 0 amide bonds. The van der Waals surface area contributed by atoms with E-state index in [4.69, 9.17) is 5.26 Å². The van der Waals surface area contributed by atoms with E-state index in [0.717, 1.165) is 24.8 Å². The summed E-state index contributed by atoms with van der Waals surface area (Å²) in [5.41, 5.74) is 2.38. The first-order valence-corrected chi connectivity index (χ1v) is 7.52. The van der Waals surface area contributed by atoms with Crippen LogP contribution in [0.3, 0.4) is 0 Å². The van der Waals surface area contributed by atoms with Crippen LogP contribution in [-0.4, -0.2) is 15.0 Å². The number of hydrogen-bond donors (Lipinski definition) is 1. The number of sulfonamides is 1. The van der Waals surface area contributed by atoms with E-state index in [9.17, 15) is 8.42 Å². The zero-order valence-corrected chi connectivity index (χ0v) is 11.1. The van der Waals surface area contributed by atoms with Crippen LogP contribution in [0.2, 0.25) is 0 Å². The molecule has 1 unspecified atom stereocenters. The predicted octanol–water partition coefficient (Wildman–Crippen LogP) is 1.61. The van der Waals surface area contributed by atoms with Crippen LogP contribution in [0.5, 0.6) is 0 Å². The van der Waals surface area contributed by atoms with Crippen LogP contribution in [0.4, 0.5) is 0 Å². The molecule has 1 aromatic rings. The van der Waals surface area contributed by atoms with Gasteiger partial charge in [-0.3, -0.25) is 0 Å². The van der Waals surface area contributed by atoms with Crippen molar-refractivity contribution in [1.29, 1.82) is 5.26 Å². The monoisotopic (exact) mass is 264 g/mol. The van der Waals surface area contributed by atoms with E-state index in [-0.39, 0.29) is 12.5 Å². The summed E-state index contributed by atoms with van der Waals surface area (Å²) in [6.07, 6.45) is 3.08. The van der Waals surface area contributed by atoms with Gasteiger partial charge in [-0.25, -0.2) is 13.1 Å². The third-order valence-electron chi connectivity index (χ3n) is 3.18. The minimum Gasteiger partial charge on any atom is -0.210 e. The molecule has 0 saturated carbocycles. The third kappa shape index (κ3) is 2.71. The normalized spacial score (nSPS) is 16.0. The second-order valence-corrected chi connectivity index (χ2v) is 6.43. The van der Waals surface area contributed by atoms with Crippen molar-refractivity contribution in [3.63, 3.8) is 0 Å². The van der Waals surface area contributed by atoms with E-state index < -0.39 is 10.0 Å². The topological polar surface area (TPSA) is 70.0 Å². The second kappa shape index (κ2) is 5.09. The van der Waals surface area contributed by atoms with Gasteiger partial charge in [0.15, 0.2) is 0 Å². The van der Waals surface area contributed by atoms with Crippen LogP contribution in [0.1, 0.15) is 24.5 Å². The molecule has 0 heterocycles. The van der Waals surface area contributed by atoms with Gasteiger partial charge in [0.1, 0.15) is 0 Å². The van der Waals surface area contributed by atoms with Crippen molar-refractivity contribution in [3.05, 3.63) is 29.3 Å². The van der Waals surface area contributed by atoms with E-state index in [1.165, 1.54) is 5.56 Å². The summed E-state index contributed by atoms with van der Waals surface area (Å²) in [5.74, 6) is -0.325. The van der Waals surface area contributed by atoms with Crippen molar-refractivity contribution < 1.29 is 8.42 Å². The SMILES string of the molecule is CC(C#N)CNS(=O)(=O)c1ccc2c(c1)CCC2. The van der Waals surface area contributed by atoms with Crippen molar-refractivity contribution in [2.24, 2.45) is 5.92 Å². The van der Waals surface area contributed by atoms with Crippen LogP contribution in [0.15, 0.2) is 23.1 Å². The van der Waals surface area contributed by atoms with Gasteiger partial charge in [0, 0.05) is 6.54 Å².